The number of benzene rings is 1. The molecule has 2 aliphatic heterocycles. The highest BCUT2D eigenvalue weighted by atomic mass is 16.5. The van der Waals surface area contributed by atoms with Crippen LogP contribution in [0.5, 0.6) is 5.75 Å². The van der Waals surface area contributed by atoms with Gasteiger partial charge in [-0.3, -0.25) is 0 Å². The van der Waals surface area contributed by atoms with E-state index in [1.165, 1.54) is 17.7 Å². The van der Waals surface area contributed by atoms with Crippen molar-refractivity contribution in [3.05, 3.63) is 23.8 Å². The molecule has 2 heterocycles. The Labute approximate surface area is 109 Å². The van der Waals surface area contributed by atoms with Crippen molar-refractivity contribution in [2.24, 2.45) is 5.73 Å². The zero-order valence-electron chi connectivity index (χ0n) is 11.1. The lowest BCUT2D eigenvalue weighted by atomic mass is 10.0. The molecule has 1 saturated heterocycles. The van der Waals surface area contributed by atoms with Crippen molar-refractivity contribution in [3.8, 4) is 5.75 Å². The van der Waals surface area contributed by atoms with Crippen molar-refractivity contribution in [3.63, 3.8) is 0 Å². The summed E-state index contributed by atoms with van der Waals surface area (Å²) >= 11 is 0. The molecule has 0 aromatic heterocycles. The molecule has 2 aliphatic rings. The Morgan fingerprint density at radius 1 is 1.44 bits per heavy atom. The Hall–Kier alpha value is -1.22. The second kappa shape index (κ2) is 4.81. The summed E-state index contributed by atoms with van der Waals surface area (Å²) in [6.07, 6.45) is 4.87. The molecular formula is C15H22N2O. The van der Waals surface area contributed by atoms with Gasteiger partial charge in [-0.2, -0.15) is 0 Å². The number of ether oxygens (including phenoxy) is 1. The predicted octanol–water partition coefficient (Wildman–Crippen LogP) is 2.33. The molecule has 3 nitrogen and oxygen atoms in total. The highest BCUT2D eigenvalue weighted by Crippen LogP contribution is 2.38. The Bertz CT molecular complexity index is 433. The average molecular weight is 246 g/mol. The Kier molecular flexibility index (Phi) is 3.16. The first-order valence-electron chi connectivity index (χ1n) is 7.07. The van der Waals surface area contributed by atoms with E-state index >= 15 is 0 Å². The van der Waals surface area contributed by atoms with Gasteiger partial charge in [0.1, 0.15) is 11.9 Å². The maximum atomic E-state index is 6.02. The monoisotopic (exact) mass is 246 g/mol. The third-order valence-corrected chi connectivity index (χ3v) is 4.01. The van der Waals surface area contributed by atoms with Crippen molar-refractivity contribution in [2.75, 3.05) is 18.0 Å². The number of fused-ring (bicyclic) bond motifs is 1. The smallest absolute Gasteiger partial charge is 0.125 e. The molecule has 2 atom stereocenters. The zero-order chi connectivity index (χ0) is 12.5. The molecule has 0 spiro atoms. The molecule has 1 fully saturated rings. The SMILES string of the molecule is CCCC1Cc2c(cccc2N2CCC(N)C2)O1. The van der Waals surface area contributed by atoms with Crippen molar-refractivity contribution in [2.45, 2.75) is 44.8 Å². The normalized spacial score (nSPS) is 26.2. The topological polar surface area (TPSA) is 38.5 Å². The van der Waals surface area contributed by atoms with Crippen LogP contribution in [0.15, 0.2) is 18.2 Å². The minimum absolute atomic E-state index is 0.328. The minimum atomic E-state index is 0.328. The molecule has 0 amide bonds. The van der Waals surface area contributed by atoms with E-state index in [-0.39, 0.29) is 0 Å². The van der Waals surface area contributed by atoms with Gasteiger partial charge in [0, 0.05) is 36.8 Å². The molecular weight excluding hydrogens is 224 g/mol. The number of nitrogens with two attached hydrogens (primary N) is 1. The first-order chi connectivity index (χ1) is 8.78. The second-order valence-electron chi connectivity index (χ2n) is 5.48. The van der Waals surface area contributed by atoms with Gasteiger partial charge in [-0.05, 0) is 25.0 Å². The Balaban J connectivity index is 1.84. The van der Waals surface area contributed by atoms with Gasteiger partial charge in [-0.1, -0.05) is 19.4 Å². The van der Waals surface area contributed by atoms with Gasteiger partial charge in [-0.25, -0.2) is 0 Å². The van der Waals surface area contributed by atoms with E-state index in [9.17, 15) is 0 Å². The third kappa shape index (κ3) is 2.07. The summed E-state index contributed by atoms with van der Waals surface area (Å²) < 4.78 is 6.02. The maximum Gasteiger partial charge on any atom is 0.125 e. The highest BCUT2D eigenvalue weighted by molar-refractivity contribution is 5.61. The number of nitrogens with zero attached hydrogens (tertiary/aromatic N) is 1. The lowest BCUT2D eigenvalue weighted by molar-refractivity contribution is 0.220. The largest absolute Gasteiger partial charge is 0.490 e. The molecule has 98 valence electrons. The average Bonchev–Trinajstić information content (AvgIpc) is 2.94. The van der Waals surface area contributed by atoms with Crippen LogP contribution in [0.1, 0.15) is 31.7 Å². The lowest BCUT2D eigenvalue weighted by Gasteiger charge is -2.20. The van der Waals surface area contributed by atoms with Crippen LogP contribution in [0.4, 0.5) is 5.69 Å². The van der Waals surface area contributed by atoms with Crippen LogP contribution in [0.3, 0.4) is 0 Å². The number of hydrogen-bond acceptors (Lipinski definition) is 3. The Morgan fingerprint density at radius 2 is 2.33 bits per heavy atom. The van der Waals surface area contributed by atoms with Crippen LogP contribution >= 0.6 is 0 Å². The molecule has 2 unspecified atom stereocenters. The van der Waals surface area contributed by atoms with Crippen LogP contribution in [0, 0.1) is 0 Å². The summed E-state index contributed by atoms with van der Waals surface area (Å²) in [5.41, 5.74) is 8.75. The first-order valence-corrected chi connectivity index (χ1v) is 7.07. The van der Waals surface area contributed by atoms with Gasteiger partial charge >= 0.3 is 0 Å². The summed E-state index contributed by atoms with van der Waals surface area (Å²) in [6, 6.07) is 6.75. The van der Waals surface area contributed by atoms with Crippen LogP contribution in [0.25, 0.3) is 0 Å². The van der Waals surface area contributed by atoms with Crippen LogP contribution in [-0.2, 0) is 6.42 Å². The molecule has 18 heavy (non-hydrogen) atoms. The predicted molar refractivity (Wildman–Crippen MR) is 74.3 cm³/mol. The molecule has 0 radical (unpaired) electrons. The van der Waals surface area contributed by atoms with Crippen LogP contribution in [-0.4, -0.2) is 25.2 Å². The first kappa shape index (κ1) is 11.8. The third-order valence-electron chi connectivity index (χ3n) is 4.01. The second-order valence-corrected chi connectivity index (χ2v) is 5.48. The van der Waals surface area contributed by atoms with Crippen molar-refractivity contribution < 1.29 is 4.74 Å². The maximum absolute atomic E-state index is 6.02. The molecule has 0 saturated carbocycles. The quantitative estimate of drug-likeness (QED) is 0.889. The fourth-order valence-corrected chi connectivity index (χ4v) is 3.10. The van der Waals surface area contributed by atoms with Crippen LogP contribution < -0.4 is 15.4 Å². The van der Waals surface area contributed by atoms with Gasteiger partial charge in [-0.15, -0.1) is 0 Å². The van der Waals surface area contributed by atoms with E-state index in [4.69, 9.17) is 10.5 Å². The number of rotatable bonds is 3. The molecule has 1 aromatic carbocycles. The van der Waals surface area contributed by atoms with Gasteiger partial charge in [0.2, 0.25) is 0 Å². The molecule has 0 aliphatic carbocycles. The highest BCUT2D eigenvalue weighted by Gasteiger charge is 2.28. The summed E-state index contributed by atoms with van der Waals surface area (Å²) in [5, 5.41) is 0. The van der Waals surface area contributed by atoms with Crippen LogP contribution in [0.2, 0.25) is 0 Å². The summed E-state index contributed by atoms with van der Waals surface area (Å²) in [7, 11) is 0. The summed E-state index contributed by atoms with van der Waals surface area (Å²) in [6.45, 7) is 4.28. The minimum Gasteiger partial charge on any atom is -0.490 e. The number of hydrogen-bond donors (Lipinski definition) is 1. The van der Waals surface area contributed by atoms with Crippen molar-refractivity contribution in [1.82, 2.24) is 0 Å². The number of anilines is 1. The Morgan fingerprint density at radius 3 is 3.06 bits per heavy atom. The van der Waals surface area contributed by atoms with E-state index in [1.54, 1.807) is 0 Å². The molecule has 3 heteroatoms. The van der Waals surface area contributed by atoms with E-state index in [2.05, 4.69) is 30.0 Å². The van der Waals surface area contributed by atoms with Gasteiger partial charge in [0.15, 0.2) is 0 Å². The van der Waals surface area contributed by atoms with Gasteiger partial charge < -0.3 is 15.4 Å². The van der Waals surface area contributed by atoms with Gasteiger partial charge in [0.05, 0.1) is 0 Å². The molecule has 1 aromatic rings. The fourth-order valence-electron chi connectivity index (χ4n) is 3.10. The molecule has 2 N–H and O–H groups in total. The zero-order valence-corrected chi connectivity index (χ0v) is 11.1. The summed E-state index contributed by atoms with van der Waals surface area (Å²) in [4.78, 5) is 2.42. The van der Waals surface area contributed by atoms with E-state index in [1.807, 2.05) is 0 Å². The van der Waals surface area contributed by atoms with Crippen molar-refractivity contribution in [1.29, 1.82) is 0 Å². The lowest BCUT2D eigenvalue weighted by Crippen LogP contribution is -2.26. The molecule has 3 rings (SSSR count). The van der Waals surface area contributed by atoms with E-state index in [0.29, 0.717) is 12.1 Å². The van der Waals surface area contributed by atoms with E-state index in [0.717, 1.165) is 38.1 Å². The summed E-state index contributed by atoms with van der Waals surface area (Å²) in [5.74, 6) is 1.09. The van der Waals surface area contributed by atoms with E-state index < -0.39 is 0 Å². The fraction of sp³-hybridized carbons (Fsp3) is 0.600. The van der Waals surface area contributed by atoms with Gasteiger partial charge in [0.25, 0.3) is 0 Å². The molecule has 0 bridgehead atoms. The standard InChI is InChI=1S/C15H22N2O/c1-2-4-12-9-13-14(5-3-6-15(13)18-12)17-8-7-11(16)10-17/h3,5-6,11-12H,2,4,7-10,16H2,1H3. The van der Waals surface area contributed by atoms with Crippen molar-refractivity contribution >= 4 is 5.69 Å².